The van der Waals surface area contributed by atoms with Crippen molar-refractivity contribution in [1.29, 1.82) is 0 Å². The molecule has 0 radical (unpaired) electrons. The highest BCUT2D eigenvalue weighted by atomic mass is 35.5. The van der Waals surface area contributed by atoms with Crippen molar-refractivity contribution >= 4 is 8.80 Å². The van der Waals surface area contributed by atoms with E-state index in [1.54, 1.807) is 21.3 Å². The van der Waals surface area contributed by atoms with Crippen molar-refractivity contribution in [3.8, 4) is 0 Å². The van der Waals surface area contributed by atoms with E-state index in [0.29, 0.717) is 0 Å². The Kier molecular flexibility index (Phi) is 27.4. The van der Waals surface area contributed by atoms with Crippen LogP contribution >= 0.6 is 0 Å². The summed E-state index contributed by atoms with van der Waals surface area (Å²) in [5.74, 6) is 0. The Balaban J connectivity index is 0. The minimum Gasteiger partial charge on any atom is -1.00 e. The van der Waals surface area contributed by atoms with Gasteiger partial charge in [-0.1, -0.05) is 129 Å². The van der Waals surface area contributed by atoms with Crippen LogP contribution in [0.2, 0.25) is 0 Å². The summed E-state index contributed by atoms with van der Waals surface area (Å²) >= 11 is 0. The van der Waals surface area contributed by atoms with Gasteiger partial charge in [-0.2, -0.15) is 0 Å². The van der Waals surface area contributed by atoms with Crippen LogP contribution in [-0.2, 0) is 13.3 Å². The van der Waals surface area contributed by atoms with Crippen LogP contribution in [0.3, 0.4) is 0 Å². The van der Waals surface area contributed by atoms with E-state index in [4.69, 9.17) is 13.3 Å². The predicted octanol–water partition coefficient (Wildman–Crippen LogP) is 6.08. The molecule has 0 saturated carbocycles. The van der Waals surface area contributed by atoms with Crippen LogP contribution < -0.4 is 12.4 Å². The van der Waals surface area contributed by atoms with Gasteiger partial charge in [-0.25, -0.2) is 0 Å². The molecule has 0 spiro atoms. The van der Waals surface area contributed by atoms with Crippen molar-refractivity contribution in [3.63, 3.8) is 0 Å². The predicted molar refractivity (Wildman–Crippen MR) is 156 cm³/mol. The Morgan fingerprint density at radius 2 is 0.778 bits per heavy atom. The third kappa shape index (κ3) is 17.8. The lowest BCUT2D eigenvalue weighted by Gasteiger charge is -2.43. The summed E-state index contributed by atoms with van der Waals surface area (Å²) in [4.78, 5) is 0. The number of quaternary nitrogens is 1. The summed E-state index contributed by atoms with van der Waals surface area (Å²) in [5.41, 5.74) is 0.280. The second kappa shape index (κ2) is 25.6. The van der Waals surface area contributed by atoms with Gasteiger partial charge in [0.2, 0.25) is 0 Å². The maximum Gasteiger partial charge on any atom is 0.561 e. The number of unbranched alkanes of at least 4 members (excludes halogenated alkanes) is 19. The third-order valence-electron chi connectivity index (χ3n) is 8.08. The fraction of sp³-hybridized carbons (Fsp3) is 1.00. The van der Waals surface area contributed by atoms with Gasteiger partial charge in [0.05, 0.1) is 20.6 Å². The first kappa shape index (κ1) is 38.5. The lowest BCUT2D eigenvalue weighted by Crippen LogP contribution is -3.00. The number of hydrogen-bond donors (Lipinski definition) is 0. The van der Waals surface area contributed by atoms with Gasteiger partial charge in [0.25, 0.3) is 0 Å². The van der Waals surface area contributed by atoms with E-state index in [9.17, 15) is 0 Å². The highest BCUT2D eigenvalue weighted by Gasteiger charge is 2.55. The van der Waals surface area contributed by atoms with Crippen molar-refractivity contribution in [2.75, 3.05) is 42.0 Å². The van der Waals surface area contributed by atoms with Crippen LogP contribution in [0.4, 0.5) is 0 Å². The fourth-order valence-corrected chi connectivity index (χ4v) is 8.56. The molecule has 0 saturated heterocycles. The van der Waals surface area contributed by atoms with E-state index in [2.05, 4.69) is 27.9 Å². The monoisotopic (exact) mass is 551 g/mol. The van der Waals surface area contributed by atoms with Gasteiger partial charge in [-0.05, 0) is 12.8 Å². The van der Waals surface area contributed by atoms with Gasteiger partial charge in [-0.15, -0.1) is 0 Å². The summed E-state index contributed by atoms with van der Waals surface area (Å²) in [6.45, 7) is 5.68. The van der Waals surface area contributed by atoms with Crippen LogP contribution in [0, 0.1) is 0 Å². The topological polar surface area (TPSA) is 27.7 Å². The van der Waals surface area contributed by atoms with Crippen molar-refractivity contribution in [1.82, 2.24) is 0 Å². The first-order valence-electron chi connectivity index (χ1n) is 15.4. The summed E-state index contributed by atoms with van der Waals surface area (Å²) in [7, 11) is 7.20. The molecule has 36 heavy (non-hydrogen) atoms. The van der Waals surface area contributed by atoms with E-state index in [1.165, 1.54) is 128 Å². The highest BCUT2D eigenvalue weighted by Crippen LogP contribution is 2.25. The number of hydrogen-bond acceptors (Lipinski definition) is 3. The number of nitrogens with zero attached hydrogens (tertiary/aromatic N) is 1. The van der Waals surface area contributed by atoms with Crippen molar-refractivity contribution in [2.45, 2.75) is 154 Å². The standard InChI is InChI=1S/C30H66NO3Si.ClH/c1-8-10-11-12-13-14-15-16-17-18-19-20-21-22-23-24-25-26-27-28-29-31(3,4)30(9-2)35(32-5,33-6)34-7;/h30H,8-29H2,1-7H3;1H/q+1;/p-1. The lowest BCUT2D eigenvalue weighted by atomic mass is 10.0. The molecule has 4 nitrogen and oxygen atoms in total. The summed E-state index contributed by atoms with van der Waals surface area (Å²) in [5, 5.41) is 0. The zero-order valence-corrected chi connectivity index (χ0v) is 27.4. The molecule has 0 amide bonds. The van der Waals surface area contributed by atoms with E-state index in [1.807, 2.05) is 0 Å². The second-order valence-electron chi connectivity index (χ2n) is 11.4. The molecule has 0 aliphatic carbocycles. The summed E-state index contributed by atoms with van der Waals surface area (Å²) < 4.78 is 18.3. The molecule has 0 N–H and O–H groups in total. The normalized spacial score (nSPS) is 13.1. The summed E-state index contributed by atoms with van der Waals surface area (Å²) in [6.07, 6.45) is 29.6. The Morgan fingerprint density at radius 1 is 0.500 bits per heavy atom. The SMILES string of the molecule is CCCCCCCCCCCCCCCCCCCCCC[N+](C)(C)C(CC)[Si](OC)(OC)OC.[Cl-]. The van der Waals surface area contributed by atoms with Crippen molar-refractivity contribution < 1.29 is 30.2 Å². The largest absolute Gasteiger partial charge is 1.00 e. The van der Waals surface area contributed by atoms with Gasteiger partial charge in [0, 0.05) is 27.8 Å². The van der Waals surface area contributed by atoms with Crippen molar-refractivity contribution in [3.05, 3.63) is 0 Å². The molecule has 1 unspecified atom stereocenters. The first-order valence-corrected chi connectivity index (χ1v) is 17.2. The van der Waals surface area contributed by atoms with Gasteiger partial charge in [0.1, 0.15) is 0 Å². The minimum absolute atomic E-state index is 0. The summed E-state index contributed by atoms with van der Waals surface area (Å²) in [6, 6.07) is 0. The number of halogens is 1. The van der Waals surface area contributed by atoms with Crippen LogP contribution in [0.5, 0.6) is 0 Å². The molecule has 0 aliphatic rings. The second-order valence-corrected chi connectivity index (χ2v) is 14.5. The first-order chi connectivity index (χ1) is 16.9. The van der Waals surface area contributed by atoms with Crippen LogP contribution in [-0.4, -0.2) is 60.9 Å². The van der Waals surface area contributed by atoms with Crippen LogP contribution in [0.15, 0.2) is 0 Å². The van der Waals surface area contributed by atoms with E-state index >= 15 is 0 Å². The molecule has 0 aromatic rings. The molecule has 220 valence electrons. The van der Waals surface area contributed by atoms with E-state index < -0.39 is 8.80 Å². The minimum atomic E-state index is -2.63. The van der Waals surface area contributed by atoms with Crippen LogP contribution in [0.25, 0.3) is 0 Å². The molecule has 1 atom stereocenters. The van der Waals surface area contributed by atoms with Gasteiger partial charge in [-0.3, -0.25) is 0 Å². The maximum atomic E-state index is 5.80. The quantitative estimate of drug-likeness (QED) is 0.0702. The molecule has 0 aromatic carbocycles. The Bertz CT molecular complexity index is 442. The molecule has 0 aromatic heterocycles. The molecular weight excluding hydrogens is 486 g/mol. The zero-order valence-electron chi connectivity index (χ0n) is 25.7. The molecule has 0 fully saturated rings. The average molecular weight is 552 g/mol. The van der Waals surface area contributed by atoms with Crippen molar-refractivity contribution in [2.24, 2.45) is 0 Å². The maximum absolute atomic E-state index is 5.80. The smallest absolute Gasteiger partial charge is 0.561 e. The van der Waals surface area contributed by atoms with Crippen LogP contribution in [0.1, 0.15) is 149 Å². The average Bonchev–Trinajstić information content (AvgIpc) is 2.86. The molecule has 0 aliphatic heterocycles. The number of rotatable bonds is 27. The molecular formula is C30H66ClNO3Si. The molecule has 0 rings (SSSR count). The lowest BCUT2D eigenvalue weighted by molar-refractivity contribution is -0.906. The zero-order chi connectivity index (χ0) is 26.3. The fourth-order valence-electron chi connectivity index (χ4n) is 5.76. The Hall–Kier alpha value is 0.347. The van der Waals surface area contributed by atoms with Gasteiger partial charge >= 0.3 is 8.80 Å². The molecule has 0 bridgehead atoms. The van der Waals surface area contributed by atoms with Gasteiger partial charge < -0.3 is 30.2 Å². The molecule has 6 heteroatoms. The van der Waals surface area contributed by atoms with Gasteiger partial charge in [0.15, 0.2) is 5.67 Å². The molecule has 0 heterocycles. The van der Waals surface area contributed by atoms with E-state index in [0.717, 1.165) is 17.4 Å². The Labute approximate surface area is 235 Å². The van der Waals surface area contributed by atoms with E-state index in [-0.39, 0.29) is 18.1 Å². The highest BCUT2D eigenvalue weighted by molar-refractivity contribution is 6.62. The Morgan fingerprint density at radius 3 is 1.03 bits per heavy atom. The third-order valence-corrected chi connectivity index (χ3v) is 11.7.